The van der Waals surface area contributed by atoms with E-state index < -0.39 is 5.60 Å². The molecule has 1 fully saturated rings. The molecule has 2 N–H and O–H groups in total. The first-order valence-electron chi connectivity index (χ1n) is 18.1. The van der Waals surface area contributed by atoms with Gasteiger partial charge in [0, 0.05) is 54.4 Å². The molecule has 10 nitrogen and oxygen atoms in total. The lowest BCUT2D eigenvalue weighted by Gasteiger charge is -2.34. The van der Waals surface area contributed by atoms with Crippen LogP contribution in [0.25, 0.3) is 5.57 Å². The summed E-state index contributed by atoms with van der Waals surface area (Å²) in [6.45, 7) is 20.9. The summed E-state index contributed by atoms with van der Waals surface area (Å²) in [7, 11) is 0. The SMILES string of the molecule is C[C@H]1CC(c2cc(C3=CCN(C(=O)OC(C)(C)C)CC3)ccn2)Nc2cccc(n2)SNC(=O)c2ccc(C(C)(C)C)nc2N2C[C@@H]1CC2(C)C. The van der Waals surface area contributed by atoms with Gasteiger partial charge in [0.05, 0.1) is 17.3 Å². The van der Waals surface area contributed by atoms with Crippen LogP contribution in [0.15, 0.2) is 59.8 Å². The summed E-state index contributed by atoms with van der Waals surface area (Å²) in [6.07, 6.45) is 6.29. The van der Waals surface area contributed by atoms with Gasteiger partial charge >= 0.3 is 6.09 Å². The summed E-state index contributed by atoms with van der Waals surface area (Å²) >= 11 is 1.21. The van der Waals surface area contributed by atoms with Crippen molar-refractivity contribution in [1.29, 1.82) is 0 Å². The second-order valence-electron chi connectivity index (χ2n) is 16.9. The molecule has 0 saturated carbocycles. The summed E-state index contributed by atoms with van der Waals surface area (Å²) < 4.78 is 8.65. The normalized spacial score (nSPS) is 22.5. The zero-order valence-electron chi connectivity index (χ0n) is 31.5. The van der Waals surface area contributed by atoms with E-state index in [4.69, 9.17) is 19.7 Å². The summed E-state index contributed by atoms with van der Waals surface area (Å²) in [5.74, 6) is 1.97. The number of nitrogens with one attached hydrogen (secondary N) is 2. The number of anilines is 2. The minimum atomic E-state index is -0.527. The Bertz CT molecular complexity index is 1810. The Morgan fingerprint density at radius 1 is 1.06 bits per heavy atom. The first kappa shape index (κ1) is 36.7. The lowest BCUT2D eigenvalue weighted by Crippen LogP contribution is -2.40. The van der Waals surface area contributed by atoms with E-state index in [-0.39, 0.29) is 29.0 Å². The third-order valence-electron chi connectivity index (χ3n) is 10.1. The maximum Gasteiger partial charge on any atom is 0.410 e. The van der Waals surface area contributed by atoms with E-state index in [1.54, 1.807) is 4.90 Å². The molecule has 0 radical (unpaired) electrons. The first-order valence-corrected chi connectivity index (χ1v) is 18.9. The van der Waals surface area contributed by atoms with Gasteiger partial charge in [-0.2, -0.15) is 0 Å². The average molecular weight is 712 g/mol. The van der Waals surface area contributed by atoms with E-state index in [9.17, 15) is 9.59 Å². The predicted molar refractivity (Wildman–Crippen MR) is 205 cm³/mol. The summed E-state index contributed by atoms with van der Waals surface area (Å²) in [6, 6.07) is 13.9. The number of aromatic nitrogens is 3. The third kappa shape index (κ3) is 8.51. The fraction of sp³-hybridized carbons (Fsp3) is 0.525. The molecule has 1 saturated heterocycles. The number of amides is 2. The molecule has 11 heteroatoms. The van der Waals surface area contributed by atoms with Gasteiger partial charge in [-0.1, -0.05) is 39.8 Å². The van der Waals surface area contributed by atoms with Crippen LogP contribution < -0.4 is 14.9 Å². The minimum absolute atomic E-state index is 0.107. The molecule has 3 aromatic rings. The number of carbonyl (C=O) groups excluding carboxylic acids is 2. The monoisotopic (exact) mass is 711 g/mol. The minimum Gasteiger partial charge on any atom is -0.444 e. The van der Waals surface area contributed by atoms with Gasteiger partial charge < -0.3 is 19.9 Å². The van der Waals surface area contributed by atoms with Gasteiger partial charge in [0.1, 0.15) is 22.3 Å². The second-order valence-corrected chi connectivity index (χ2v) is 17.7. The zero-order valence-corrected chi connectivity index (χ0v) is 32.4. The molecule has 1 unspecified atom stereocenters. The fourth-order valence-electron chi connectivity index (χ4n) is 7.27. The second kappa shape index (κ2) is 14.1. The van der Waals surface area contributed by atoms with Gasteiger partial charge in [-0.05, 0) is 113 Å². The molecule has 3 aliphatic rings. The Morgan fingerprint density at radius 2 is 1.84 bits per heavy atom. The van der Waals surface area contributed by atoms with E-state index in [0.717, 1.165) is 54.4 Å². The molecule has 0 aromatic carbocycles. The Morgan fingerprint density at radius 3 is 2.55 bits per heavy atom. The molecule has 272 valence electrons. The van der Waals surface area contributed by atoms with Crippen molar-refractivity contribution in [3.05, 3.63) is 77.3 Å². The van der Waals surface area contributed by atoms with Crippen LogP contribution >= 0.6 is 11.9 Å². The molecular weight excluding hydrogens is 659 g/mol. The lowest BCUT2D eigenvalue weighted by molar-refractivity contribution is 0.0270. The van der Waals surface area contributed by atoms with E-state index in [1.165, 1.54) is 17.5 Å². The number of nitrogens with zero attached hydrogens (tertiary/aromatic N) is 5. The van der Waals surface area contributed by atoms with Crippen LogP contribution in [-0.2, 0) is 10.2 Å². The molecule has 0 spiro atoms. The highest BCUT2D eigenvalue weighted by molar-refractivity contribution is 7.97. The van der Waals surface area contributed by atoms with Crippen molar-refractivity contribution in [2.45, 2.75) is 109 Å². The zero-order chi connectivity index (χ0) is 36.7. The van der Waals surface area contributed by atoms with Crippen molar-refractivity contribution in [2.75, 3.05) is 29.9 Å². The number of pyridine rings is 3. The number of carbonyl (C=O) groups is 2. The molecule has 6 heterocycles. The first-order chi connectivity index (χ1) is 24.0. The molecule has 4 bridgehead atoms. The van der Waals surface area contributed by atoms with E-state index in [1.807, 2.05) is 57.3 Å². The Balaban J connectivity index is 1.32. The van der Waals surface area contributed by atoms with Crippen LogP contribution in [-0.4, -0.2) is 62.6 Å². The van der Waals surface area contributed by atoms with E-state index >= 15 is 0 Å². The number of hydrogen-bond donors (Lipinski definition) is 2. The maximum absolute atomic E-state index is 13.8. The molecule has 51 heavy (non-hydrogen) atoms. The lowest BCUT2D eigenvalue weighted by atomic mass is 9.83. The fourth-order valence-corrected chi connectivity index (χ4v) is 7.86. The van der Waals surface area contributed by atoms with E-state index in [0.29, 0.717) is 35.5 Å². The van der Waals surface area contributed by atoms with Crippen LogP contribution in [0.2, 0.25) is 0 Å². The molecule has 6 rings (SSSR count). The van der Waals surface area contributed by atoms with Crippen LogP contribution in [0.3, 0.4) is 0 Å². The van der Waals surface area contributed by atoms with Crippen LogP contribution in [0.4, 0.5) is 16.4 Å². The standard InChI is InChI=1S/C40H53N7O3S/c1-25-21-31(30-22-27(15-18-41-30)26-16-19-46(20-17-26)37(49)50-39(5,6)7)42-33-11-10-12-34(44-33)51-45-36(48)29-13-14-32(38(2,3)4)43-35(29)47-24-28(25)23-40(47,8)9/h10-16,18,22,25,28,31H,17,19-21,23-24H2,1-9H3,(H,42,44)(H,45,48)/t25-,28-,31?/m0/s1. The molecule has 2 amide bonds. The van der Waals surface area contributed by atoms with Crippen LogP contribution in [0.5, 0.6) is 0 Å². The molecule has 3 aliphatic heterocycles. The van der Waals surface area contributed by atoms with Gasteiger partial charge in [-0.25, -0.2) is 14.8 Å². The van der Waals surface area contributed by atoms with Gasteiger partial charge in [0.2, 0.25) is 0 Å². The van der Waals surface area contributed by atoms with E-state index in [2.05, 4.69) is 74.7 Å². The van der Waals surface area contributed by atoms with Crippen molar-refractivity contribution in [2.24, 2.45) is 11.8 Å². The van der Waals surface area contributed by atoms with Gasteiger partial charge in [-0.3, -0.25) is 14.5 Å². The highest BCUT2D eigenvalue weighted by atomic mass is 32.2. The van der Waals surface area contributed by atoms with Crippen molar-refractivity contribution < 1.29 is 14.3 Å². The number of ether oxygens (including phenoxy) is 1. The third-order valence-corrected chi connectivity index (χ3v) is 10.9. The van der Waals surface area contributed by atoms with Crippen molar-refractivity contribution in [3.8, 4) is 0 Å². The van der Waals surface area contributed by atoms with Crippen molar-refractivity contribution in [3.63, 3.8) is 0 Å². The molecule has 3 atom stereocenters. The number of fused-ring (bicyclic) bond motifs is 6. The largest absolute Gasteiger partial charge is 0.444 e. The molecule has 3 aromatic heterocycles. The molecular formula is C40H53N7O3S. The van der Waals surface area contributed by atoms with Crippen molar-refractivity contribution >= 4 is 41.2 Å². The van der Waals surface area contributed by atoms with Crippen LogP contribution in [0, 0.1) is 11.8 Å². The highest BCUT2D eigenvalue weighted by Crippen LogP contribution is 2.43. The maximum atomic E-state index is 13.8. The smallest absolute Gasteiger partial charge is 0.410 e. The quantitative estimate of drug-likeness (QED) is 0.253. The van der Waals surface area contributed by atoms with Crippen LogP contribution in [0.1, 0.15) is 115 Å². The van der Waals surface area contributed by atoms with Crippen molar-refractivity contribution in [1.82, 2.24) is 24.6 Å². The molecule has 0 aliphatic carbocycles. The Hall–Kier alpha value is -4.12. The average Bonchev–Trinajstić information content (AvgIpc) is 3.40. The highest BCUT2D eigenvalue weighted by Gasteiger charge is 2.43. The Kier molecular flexibility index (Phi) is 10.2. The predicted octanol–water partition coefficient (Wildman–Crippen LogP) is 8.43. The number of rotatable bonds is 2. The summed E-state index contributed by atoms with van der Waals surface area (Å²) in [4.78, 5) is 45.5. The van der Waals surface area contributed by atoms with Gasteiger partial charge in [-0.15, -0.1) is 0 Å². The van der Waals surface area contributed by atoms with Gasteiger partial charge in [0.15, 0.2) is 0 Å². The Labute approximate surface area is 307 Å². The van der Waals surface area contributed by atoms with Gasteiger partial charge in [0.25, 0.3) is 5.91 Å². The number of hydrogen-bond acceptors (Lipinski definition) is 9. The topological polar surface area (TPSA) is 113 Å². The summed E-state index contributed by atoms with van der Waals surface area (Å²) in [5.41, 5.74) is 3.90. The summed E-state index contributed by atoms with van der Waals surface area (Å²) in [5, 5.41) is 4.41.